The number of hydrogen-bond donors (Lipinski definition) is 1. The highest BCUT2D eigenvalue weighted by atomic mass is 32.1. The van der Waals surface area contributed by atoms with Crippen LogP contribution in [0.5, 0.6) is 0 Å². The molecule has 2 saturated carbocycles. The van der Waals surface area contributed by atoms with Crippen LogP contribution in [0.1, 0.15) is 44.9 Å². The zero-order chi connectivity index (χ0) is 11.0. The molecule has 0 aromatic rings. The van der Waals surface area contributed by atoms with Crippen molar-refractivity contribution in [3.8, 4) is 0 Å². The summed E-state index contributed by atoms with van der Waals surface area (Å²) in [6.45, 7) is 2.35. The van der Waals surface area contributed by atoms with Crippen molar-refractivity contribution in [1.82, 2.24) is 10.2 Å². The smallest absolute Gasteiger partial charge is 0.169 e. The summed E-state index contributed by atoms with van der Waals surface area (Å²) in [4.78, 5) is 2.38. The SMILES string of the molecule is S=C(N[C@H]1C[C@H]2CC[C@H]1C2)N1CCCCC1. The summed E-state index contributed by atoms with van der Waals surface area (Å²) in [5, 5.41) is 4.68. The monoisotopic (exact) mass is 238 g/mol. The molecule has 3 aliphatic rings. The average Bonchev–Trinajstić information content (AvgIpc) is 2.92. The van der Waals surface area contributed by atoms with E-state index in [9.17, 15) is 0 Å². The van der Waals surface area contributed by atoms with Crippen LogP contribution in [-0.4, -0.2) is 29.1 Å². The molecule has 16 heavy (non-hydrogen) atoms. The molecular formula is C13H22N2S. The number of fused-ring (bicyclic) bond motifs is 2. The summed E-state index contributed by atoms with van der Waals surface area (Å²) < 4.78 is 0. The van der Waals surface area contributed by atoms with E-state index in [0.717, 1.165) is 16.9 Å². The van der Waals surface area contributed by atoms with E-state index in [0.29, 0.717) is 6.04 Å². The molecule has 3 heteroatoms. The normalized spacial score (nSPS) is 37.8. The van der Waals surface area contributed by atoms with Gasteiger partial charge in [-0.3, -0.25) is 0 Å². The number of nitrogens with zero attached hydrogens (tertiary/aromatic N) is 1. The molecule has 0 spiro atoms. The second-order valence-electron chi connectivity index (χ2n) is 5.78. The van der Waals surface area contributed by atoms with Crippen molar-refractivity contribution in [3.05, 3.63) is 0 Å². The van der Waals surface area contributed by atoms with Crippen LogP contribution in [-0.2, 0) is 0 Å². The molecule has 90 valence electrons. The third-order valence-electron chi connectivity index (χ3n) is 4.69. The molecule has 1 N–H and O–H groups in total. The predicted molar refractivity (Wildman–Crippen MR) is 70.4 cm³/mol. The van der Waals surface area contributed by atoms with Gasteiger partial charge in [0.15, 0.2) is 5.11 Å². The Labute approximate surface area is 104 Å². The molecular weight excluding hydrogens is 216 g/mol. The lowest BCUT2D eigenvalue weighted by Crippen LogP contribution is -2.48. The van der Waals surface area contributed by atoms with Crippen LogP contribution in [0.15, 0.2) is 0 Å². The largest absolute Gasteiger partial charge is 0.360 e. The molecule has 0 unspecified atom stereocenters. The minimum absolute atomic E-state index is 0.702. The van der Waals surface area contributed by atoms with E-state index < -0.39 is 0 Å². The van der Waals surface area contributed by atoms with Crippen molar-refractivity contribution < 1.29 is 0 Å². The summed E-state index contributed by atoms with van der Waals surface area (Å²) in [5.74, 6) is 1.93. The predicted octanol–water partition coefficient (Wildman–Crippen LogP) is 2.54. The van der Waals surface area contributed by atoms with E-state index >= 15 is 0 Å². The maximum absolute atomic E-state index is 5.54. The number of rotatable bonds is 1. The van der Waals surface area contributed by atoms with Gasteiger partial charge < -0.3 is 10.2 Å². The van der Waals surface area contributed by atoms with Crippen LogP contribution in [0.2, 0.25) is 0 Å². The van der Waals surface area contributed by atoms with Crippen molar-refractivity contribution in [2.75, 3.05) is 13.1 Å². The molecule has 0 aromatic heterocycles. The number of nitrogens with one attached hydrogen (secondary N) is 1. The molecule has 0 amide bonds. The third kappa shape index (κ3) is 2.06. The molecule has 3 atom stereocenters. The highest BCUT2D eigenvalue weighted by Gasteiger charge is 2.40. The van der Waals surface area contributed by atoms with Crippen LogP contribution in [0.4, 0.5) is 0 Å². The molecule has 2 aliphatic carbocycles. The standard InChI is InChI=1S/C13H22N2S/c16-13(15-6-2-1-3-7-15)14-12-9-10-4-5-11(12)8-10/h10-12H,1-9H2,(H,14,16)/t10-,11-,12-/m0/s1. The van der Waals surface area contributed by atoms with Gasteiger partial charge in [-0.05, 0) is 62.6 Å². The molecule has 0 aromatic carbocycles. The lowest BCUT2D eigenvalue weighted by Gasteiger charge is -2.33. The molecule has 3 rings (SSSR count). The number of hydrogen-bond acceptors (Lipinski definition) is 1. The Hall–Kier alpha value is -0.310. The maximum atomic E-state index is 5.54. The van der Waals surface area contributed by atoms with Crippen LogP contribution < -0.4 is 5.32 Å². The maximum Gasteiger partial charge on any atom is 0.169 e. The van der Waals surface area contributed by atoms with Crippen molar-refractivity contribution in [2.45, 2.75) is 51.0 Å². The van der Waals surface area contributed by atoms with E-state index in [1.807, 2.05) is 0 Å². The lowest BCUT2D eigenvalue weighted by atomic mass is 9.95. The Bertz CT molecular complexity index is 273. The summed E-state index contributed by atoms with van der Waals surface area (Å²) in [6.07, 6.45) is 9.76. The van der Waals surface area contributed by atoms with Crippen LogP contribution >= 0.6 is 12.2 Å². The first-order valence-electron chi connectivity index (χ1n) is 6.88. The van der Waals surface area contributed by atoms with Gasteiger partial charge in [-0.15, -0.1) is 0 Å². The van der Waals surface area contributed by atoms with Crippen LogP contribution in [0.3, 0.4) is 0 Å². The van der Waals surface area contributed by atoms with Gasteiger partial charge in [-0.1, -0.05) is 6.42 Å². The molecule has 2 nitrogen and oxygen atoms in total. The fraction of sp³-hybridized carbons (Fsp3) is 0.923. The highest BCUT2D eigenvalue weighted by molar-refractivity contribution is 7.80. The molecule has 1 heterocycles. The summed E-state index contributed by atoms with van der Waals surface area (Å²) in [6, 6.07) is 0.702. The summed E-state index contributed by atoms with van der Waals surface area (Å²) in [7, 11) is 0. The van der Waals surface area contributed by atoms with Crippen LogP contribution in [0.25, 0.3) is 0 Å². The Kier molecular flexibility index (Phi) is 3.05. The van der Waals surface area contributed by atoms with Gasteiger partial charge >= 0.3 is 0 Å². The van der Waals surface area contributed by atoms with E-state index in [4.69, 9.17) is 12.2 Å². The molecule has 3 fully saturated rings. The Balaban J connectivity index is 1.52. The number of thiocarbonyl (C=S) groups is 1. The molecule has 0 radical (unpaired) electrons. The Morgan fingerprint density at radius 1 is 1.06 bits per heavy atom. The zero-order valence-corrected chi connectivity index (χ0v) is 10.8. The first kappa shape index (κ1) is 10.8. The fourth-order valence-corrected chi connectivity index (χ4v) is 4.10. The molecule has 1 saturated heterocycles. The summed E-state index contributed by atoms with van der Waals surface area (Å²) in [5.41, 5.74) is 0. The Morgan fingerprint density at radius 2 is 1.88 bits per heavy atom. The quantitative estimate of drug-likeness (QED) is 0.707. The van der Waals surface area contributed by atoms with E-state index in [2.05, 4.69) is 10.2 Å². The lowest BCUT2D eigenvalue weighted by molar-refractivity contribution is 0.319. The average molecular weight is 238 g/mol. The van der Waals surface area contributed by atoms with E-state index in [-0.39, 0.29) is 0 Å². The molecule has 2 bridgehead atoms. The number of piperidine rings is 1. The molecule has 1 aliphatic heterocycles. The van der Waals surface area contributed by atoms with Crippen molar-refractivity contribution in [2.24, 2.45) is 11.8 Å². The van der Waals surface area contributed by atoms with Gasteiger partial charge in [0.05, 0.1) is 0 Å². The van der Waals surface area contributed by atoms with Gasteiger partial charge in [0, 0.05) is 19.1 Å². The van der Waals surface area contributed by atoms with Gasteiger partial charge in [-0.25, -0.2) is 0 Å². The van der Waals surface area contributed by atoms with Gasteiger partial charge in [0.2, 0.25) is 0 Å². The number of likely N-dealkylation sites (tertiary alicyclic amines) is 1. The third-order valence-corrected chi connectivity index (χ3v) is 5.07. The summed E-state index contributed by atoms with van der Waals surface area (Å²) >= 11 is 5.54. The fourth-order valence-electron chi connectivity index (χ4n) is 3.77. The van der Waals surface area contributed by atoms with Crippen molar-refractivity contribution in [1.29, 1.82) is 0 Å². The first-order valence-corrected chi connectivity index (χ1v) is 7.29. The second-order valence-corrected chi connectivity index (χ2v) is 6.17. The second kappa shape index (κ2) is 4.52. The minimum Gasteiger partial charge on any atom is -0.360 e. The van der Waals surface area contributed by atoms with Crippen molar-refractivity contribution in [3.63, 3.8) is 0 Å². The minimum atomic E-state index is 0.702. The first-order chi connectivity index (χ1) is 7.83. The van der Waals surface area contributed by atoms with Gasteiger partial charge in [0.25, 0.3) is 0 Å². The topological polar surface area (TPSA) is 15.3 Å². The van der Waals surface area contributed by atoms with Crippen LogP contribution in [0, 0.1) is 11.8 Å². The van der Waals surface area contributed by atoms with E-state index in [1.54, 1.807) is 0 Å². The highest BCUT2D eigenvalue weighted by Crippen LogP contribution is 2.44. The Morgan fingerprint density at radius 3 is 2.50 bits per heavy atom. The van der Waals surface area contributed by atoms with Gasteiger partial charge in [0.1, 0.15) is 0 Å². The van der Waals surface area contributed by atoms with E-state index in [1.165, 1.54) is 58.0 Å². The van der Waals surface area contributed by atoms with Crippen molar-refractivity contribution >= 4 is 17.3 Å². The zero-order valence-electron chi connectivity index (χ0n) is 9.95. The van der Waals surface area contributed by atoms with Gasteiger partial charge in [-0.2, -0.15) is 0 Å².